The number of benzene rings is 2. The molecule has 0 saturated heterocycles. The fraction of sp³-hybridized carbons (Fsp3) is 0.308. The van der Waals surface area contributed by atoms with Crippen molar-refractivity contribution in [2.24, 2.45) is 0 Å². The number of nitrogens with one attached hydrogen (secondary N) is 1. The molecule has 180 valence electrons. The second-order valence-electron chi connectivity index (χ2n) is 7.52. The lowest BCUT2D eigenvalue weighted by atomic mass is 10.0. The average molecular weight is 484 g/mol. The molecule has 3 aromatic rings. The summed E-state index contributed by atoms with van der Waals surface area (Å²) in [7, 11) is 4.73. The number of aryl methyl sites for hydroxylation is 2. The number of hydrogen-bond acceptors (Lipinski definition) is 7. The van der Waals surface area contributed by atoms with Crippen molar-refractivity contribution in [3.05, 3.63) is 58.5 Å². The van der Waals surface area contributed by atoms with Gasteiger partial charge in [0, 0.05) is 22.9 Å². The summed E-state index contributed by atoms with van der Waals surface area (Å²) < 4.78 is 21.4. The van der Waals surface area contributed by atoms with E-state index in [9.17, 15) is 9.59 Å². The third-order valence-electron chi connectivity index (χ3n) is 5.26. The summed E-state index contributed by atoms with van der Waals surface area (Å²) in [6.07, 6.45) is 0.740. The average Bonchev–Trinajstić information content (AvgIpc) is 3.25. The smallest absolute Gasteiger partial charge is 0.341 e. The predicted molar refractivity (Wildman–Crippen MR) is 133 cm³/mol. The van der Waals surface area contributed by atoms with E-state index in [-0.39, 0.29) is 18.9 Å². The van der Waals surface area contributed by atoms with Crippen molar-refractivity contribution in [3.63, 3.8) is 0 Å². The molecule has 1 amide bonds. The molecule has 3 rings (SSSR count). The lowest BCUT2D eigenvalue weighted by Crippen LogP contribution is -2.15. The molecule has 0 saturated carbocycles. The molecule has 0 atom stereocenters. The molecule has 0 radical (unpaired) electrons. The van der Waals surface area contributed by atoms with Gasteiger partial charge in [0.2, 0.25) is 5.91 Å². The molecule has 1 aromatic heterocycles. The van der Waals surface area contributed by atoms with Crippen molar-refractivity contribution in [1.29, 1.82) is 0 Å². The first kappa shape index (κ1) is 25.1. The number of amides is 1. The molecule has 2 aromatic carbocycles. The Labute approximate surface area is 203 Å². The molecule has 1 N–H and O–H groups in total. The second kappa shape index (κ2) is 11.6. The van der Waals surface area contributed by atoms with Crippen LogP contribution in [0.3, 0.4) is 0 Å². The van der Waals surface area contributed by atoms with Crippen molar-refractivity contribution in [1.82, 2.24) is 0 Å². The van der Waals surface area contributed by atoms with Gasteiger partial charge >= 0.3 is 5.97 Å². The summed E-state index contributed by atoms with van der Waals surface area (Å²) in [5, 5.41) is 5.19. The maximum absolute atomic E-state index is 12.9. The summed E-state index contributed by atoms with van der Waals surface area (Å²) in [6.45, 7) is 3.94. The van der Waals surface area contributed by atoms with Gasteiger partial charge in [-0.15, -0.1) is 11.3 Å². The second-order valence-corrected chi connectivity index (χ2v) is 8.39. The summed E-state index contributed by atoms with van der Waals surface area (Å²) in [4.78, 5) is 25.6. The van der Waals surface area contributed by atoms with Crippen LogP contribution in [0.15, 0.2) is 41.8 Å². The highest BCUT2D eigenvalue weighted by Crippen LogP contribution is 2.40. The molecular weight excluding hydrogens is 454 g/mol. The number of hydrogen-bond donors (Lipinski definition) is 1. The van der Waals surface area contributed by atoms with Gasteiger partial charge in [-0.1, -0.05) is 17.7 Å². The topological polar surface area (TPSA) is 83.1 Å². The van der Waals surface area contributed by atoms with Crippen molar-refractivity contribution in [2.45, 2.75) is 26.7 Å². The minimum atomic E-state index is -0.488. The van der Waals surface area contributed by atoms with Crippen LogP contribution in [0.1, 0.15) is 34.8 Å². The summed E-state index contributed by atoms with van der Waals surface area (Å²) in [5.74, 6) is 1.19. The normalized spacial score (nSPS) is 10.5. The van der Waals surface area contributed by atoms with Crippen LogP contribution in [0.5, 0.6) is 17.2 Å². The van der Waals surface area contributed by atoms with Gasteiger partial charge in [-0.05, 0) is 50.1 Å². The quantitative estimate of drug-likeness (QED) is 0.384. The molecule has 7 nitrogen and oxygen atoms in total. The molecule has 0 aliphatic rings. The van der Waals surface area contributed by atoms with Crippen LogP contribution < -0.4 is 19.5 Å². The molecule has 0 aliphatic heterocycles. The number of carbonyl (C=O) groups is 2. The summed E-state index contributed by atoms with van der Waals surface area (Å²) in [5.41, 5.74) is 3.73. The predicted octanol–water partition coefficient (Wildman–Crippen LogP) is 5.50. The van der Waals surface area contributed by atoms with E-state index in [0.717, 1.165) is 16.7 Å². The highest BCUT2D eigenvalue weighted by atomic mass is 32.1. The number of thiophene rings is 1. The molecule has 1 heterocycles. The Balaban J connectivity index is 1.84. The van der Waals surface area contributed by atoms with Gasteiger partial charge in [0.25, 0.3) is 0 Å². The van der Waals surface area contributed by atoms with E-state index in [4.69, 9.17) is 18.9 Å². The highest BCUT2D eigenvalue weighted by Gasteiger charge is 2.24. The fourth-order valence-electron chi connectivity index (χ4n) is 3.57. The van der Waals surface area contributed by atoms with Gasteiger partial charge in [0.05, 0.1) is 27.9 Å². The van der Waals surface area contributed by atoms with Gasteiger partial charge < -0.3 is 24.3 Å². The summed E-state index contributed by atoms with van der Waals surface area (Å²) >= 11 is 1.29. The van der Waals surface area contributed by atoms with Gasteiger partial charge in [-0.2, -0.15) is 0 Å². The van der Waals surface area contributed by atoms with Crippen molar-refractivity contribution < 1.29 is 28.5 Å². The highest BCUT2D eigenvalue weighted by molar-refractivity contribution is 7.15. The van der Waals surface area contributed by atoms with Gasteiger partial charge in [-0.3, -0.25) is 4.79 Å². The minimum Gasteiger partial charge on any atom is -0.496 e. The van der Waals surface area contributed by atoms with Gasteiger partial charge in [0.1, 0.15) is 16.3 Å². The SMILES string of the molecule is CCOC(=O)c1c(-c2cc(C)ccc2OC)csc1NC(=O)CCc1ccc(OC)c(OC)c1. The lowest BCUT2D eigenvalue weighted by molar-refractivity contribution is -0.116. The van der Waals surface area contributed by atoms with Crippen LogP contribution in [-0.2, 0) is 16.0 Å². The number of ether oxygens (including phenoxy) is 4. The lowest BCUT2D eigenvalue weighted by Gasteiger charge is -2.12. The van der Waals surface area contributed by atoms with Crippen LogP contribution >= 0.6 is 11.3 Å². The Kier molecular flexibility index (Phi) is 8.54. The van der Waals surface area contributed by atoms with E-state index in [0.29, 0.717) is 39.8 Å². The van der Waals surface area contributed by atoms with E-state index in [1.54, 1.807) is 28.3 Å². The van der Waals surface area contributed by atoms with E-state index < -0.39 is 5.97 Å². The number of esters is 1. The van der Waals surface area contributed by atoms with Crippen LogP contribution in [0.4, 0.5) is 5.00 Å². The molecule has 0 aliphatic carbocycles. The molecule has 0 fully saturated rings. The largest absolute Gasteiger partial charge is 0.496 e. The standard InChI is InChI=1S/C26H29NO6S/c1-6-33-26(29)24-19(18-13-16(2)7-10-20(18)30-3)15-34-25(24)27-23(28)12-9-17-8-11-21(31-4)22(14-17)32-5/h7-8,10-11,13-15H,6,9,12H2,1-5H3,(H,27,28). The van der Waals surface area contributed by atoms with E-state index >= 15 is 0 Å². The molecule has 0 bridgehead atoms. The number of carbonyl (C=O) groups excluding carboxylic acids is 2. The van der Waals surface area contributed by atoms with Crippen molar-refractivity contribution >= 4 is 28.2 Å². The molecule has 34 heavy (non-hydrogen) atoms. The number of rotatable bonds is 10. The number of anilines is 1. The third-order valence-corrected chi connectivity index (χ3v) is 6.15. The van der Waals surface area contributed by atoms with Crippen LogP contribution in [0.2, 0.25) is 0 Å². The molecule has 8 heteroatoms. The van der Waals surface area contributed by atoms with E-state index in [1.165, 1.54) is 11.3 Å². The Bertz CT molecular complexity index is 1170. The number of methoxy groups -OCH3 is 3. The maximum Gasteiger partial charge on any atom is 0.341 e. The summed E-state index contributed by atoms with van der Waals surface area (Å²) in [6, 6.07) is 11.3. The first-order chi connectivity index (χ1) is 16.4. The Morgan fingerprint density at radius 1 is 0.912 bits per heavy atom. The molecular formula is C26H29NO6S. The maximum atomic E-state index is 12.9. The van der Waals surface area contributed by atoms with Crippen molar-refractivity contribution in [2.75, 3.05) is 33.3 Å². The first-order valence-corrected chi connectivity index (χ1v) is 11.7. The Hall–Kier alpha value is -3.52. The van der Waals surface area contributed by atoms with E-state index in [2.05, 4.69) is 5.32 Å². The zero-order valence-electron chi connectivity index (χ0n) is 20.0. The fourth-order valence-corrected chi connectivity index (χ4v) is 4.53. The zero-order valence-corrected chi connectivity index (χ0v) is 20.8. The minimum absolute atomic E-state index is 0.204. The van der Waals surface area contributed by atoms with Crippen LogP contribution in [0, 0.1) is 6.92 Å². The van der Waals surface area contributed by atoms with E-state index in [1.807, 2.05) is 48.7 Å². The van der Waals surface area contributed by atoms with Crippen molar-refractivity contribution in [3.8, 4) is 28.4 Å². The monoisotopic (exact) mass is 483 g/mol. The van der Waals surface area contributed by atoms with Gasteiger partial charge in [-0.25, -0.2) is 4.79 Å². The molecule has 0 unspecified atom stereocenters. The van der Waals surface area contributed by atoms with Crippen LogP contribution in [-0.4, -0.2) is 39.8 Å². The first-order valence-electron chi connectivity index (χ1n) is 10.9. The molecule has 0 spiro atoms. The zero-order chi connectivity index (χ0) is 24.7. The Morgan fingerprint density at radius 2 is 1.62 bits per heavy atom. The third kappa shape index (κ3) is 5.69. The van der Waals surface area contributed by atoms with Crippen LogP contribution in [0.25, 0.3) is 11.1 Å². The van der Waals surface area contributed by atoms with Gasteiger partial charge in [0.15, 0.2) is 11.5 Å². The Morgan fingerprint density at radius 3 is 2.29 bits per heavy atom.